The largest absolute Gasteiger partial charge is 0.363 e. The van der Waals surface area contributed by atoms with Crippen LogP contribution in [0.15, 0.2) is 24.3 Å². The minimum Gasteiger partial charge on any atom is -0.363 e. The molecule has 1 aliphatic heterocycles. The van der Waals surface area contributed by atoms with E-state index in [0.29, 0.717) is 0 Å². The molecule has 0 bridgehead atoms. The van der Waals surface area contributed by atoms with E-state index in [0.717, 1.165) is 25.2 Å². The van der Waals surface area contributed by atoms with Gasteiger partial charge in [-0.3, -0.25) is 4.79 Å². The molecule has 0 unspecified atom stereocenters. The van der Waals surface area contributed by atoms with E-state index in [2.05, 4.69) is 24.4 Å². The number of hydrogen-bond donors (Lipinski definition) is 1. The molecule has 1 heterocycles. The van der Waals surface area contributed by atoms with Crippen LogP contribution >= 0.6 is 0 Å². The quantitative estimate of drug-likeness (QED) is 0.876. The number of nitrogens with one attached hydrogen (secondary N) is 1. The molecular weight excluding hydrogens is 240 g/mol. The van der Waals surface area contributed by atoms with Crippen molar-refractivity contribution in [3.05, 3.63) is 29.8 Å². The number of rotatable bonds is 5. The van der Waals surface area contributed by atoms with E-state index in [-0.39, 0.29) is 18.1 Å². The van der Waals surface area contributed by atoms with Crippen LogP contribution in [0.25, 0.3) is 0 Å². The van der Waals surface area contributed by atoms with Crippen molar-refractivity contribution in [2.75, 3.05) is 31.6 Å². The zero-order valence-electron chi connectivity index (χ0n) is 11.9. The summed E-state index contributed by atoms with van der Waals surface area (Å²) in [6.45, 7) is 5.90. The van der Waals surface area contributed by atoms with Crippen molar-refractivity contribution in [2.45, 2.75) is 25.9 Å². The second-order valence-electron chi connectivity index (χ2n) is 5.31. The Bertz CT molecular complexity index is 438. The number of benzene rings is 1. The fraction of sp³-hybridized carbons (Fsp3) is 0.533. The first-order chi connectivity index (χ1) is 9.04. The van der Waals surface area contributed by atoms with Crippen LogP contribution in [0.5, 0.6) is 0 Å². The van der Waals surface area contributed by atoms with E-state index in [1.807, 2.05) is 19.1 Å². The van der Waals surface area contributed by atoms with Gasteiger partial charge in [-0.2, -0.15) is 0 Å². The van der Waals surface area contributed by atoms with Crippen LogP contribution < -0.4 is 10.2 Å². The molecular formula is C15H22N2O2. The van der Waals surface area contributed by atoms with Crippen molar-refractivity contribution in [1.29, 1.82) is 0 Å². The Hall–Kier alpha value is -1.39. The number of amides is 1. The van der Waals surface area contributed by atoms with Crippen LogP contribution in [0, 0.1) is 0 Å². The molecule has 1 aromatic rings. The molecule has 0 radical (unpaired) electrons. The van der Waals surface area contributed by atoms with E-state index in [1.165, 1.54) is 5.56 Å². The maximum Gasteiger partial charge on any atom is 0.252 e. The monoisotopic (exact) mass is 262 g/mol. The average molecular weight is 262 g/mol. The maximum absolute atomic E-state index is 12.1. The van der Waals surface area contributed by atoms with Gasteiger partial charge in [-0.05, 0) is 31.0 Å². The first-order valence-electron chi connectivity index (χ1n) is 6.74. The Morgan fingerprint density at radius 1 is 1.37 bits per heavy atom. The lowest BCUT2D eigenvalue weighted by Crippen LogP contribution is -2.59. The van der Waals surface area contributed by atoms with Gasteiger partial charge in [0.25, 0.3) is 5.91 Å². The first-order valence-corrected chi connectivity index (χ1v) is 6.74. The predicted octanol–water partition coefficient (Wildman–Crippen LogP) is 1.59. The minimum atomic E-state index is -0.178. The number of carbonyl (C=O) groups is 1. The number of hydrogen-bond acceptors (Lipinski definition) is 3. The predicted molar refractivity (Wildman–Crippen MR) is 76.5 cm³/mol. The molecule has 1 aliphatic rings. The third-order valence-electron chi connectivity index (χ3n) is 3.65. The lowest BCUT2D eigenvalue weighted by atomic mass is 10.0. The van der Waals surface area contributed by atoms with Crippen LogP contribution in [0.4, 0.5) is 5.69 Å². The smallest absolute Gasteiger partial charge is 0.252 e. The third-order valence-corrected chi connectivity index (χ3v) is 3.65. The van der Waals surface area contributed by atoms with Crippen molar-refractivity contribution in [3.8, 4) is 0 Å². The summed E-state index contributed by atoms with van der Waals surface area (Å²) in [4.78, 5) is 13.7. The molecule has 0 aliphatic carbocycles. The third kappa shape index (κ3) is 3.33. The molecule has 19 heavy (non-hydrogen) atoms. The summed E-state index contributed by atoms with van der Waals surface area (Å²) in [6, 6.07) is 8.06. The highest BCUT2D eigenvalue weighted by Crippen LogP contribution is 2.17. The van der Waals surface area contributed by atoms with Crippen molar-refractivity contribution >= 4 is 11.6 Å². The number of aryl methyl sites for hydroxylation is 1. The molecule has 1 aromatic carbocycles. The second kappa shape index (κ2) is 5.72. The highest BCUT2D eigenvalue weighted by Gasteiger charge is 2.33. The van der Waals surface area contributed by atoms with Crippen molar-refractivity contribution in [1.82, 2.24) is 5.32 Å². The van der Waals surface area contributed by atoms with Crippen LogP contribution in [0.3, 0.4) is 0 Å². The van der Waals surface area contributed by atoms with Gasteiger partial charge in [0.05, 0.1) is 5.60 Å². The first kappa shape index (κ1) is 14.0. The van der Waals surface area contributed by atoms with Crippen LogP contribution in [-0.4, -0.2) is 38.3 Å². The zero-order valence-corrected chi connectivity index (χ0v) is 11.9. The number of nitrogens with zero attached hydrogens (tertiary/aromatic N) is 1. The van der Waals surface area contributed by atoms with Crippen LogP contribution in [0.1, 0.15) is 19.4 Å². The van der Waals surface area contributed by atoms with Gasteiger partial charge in [-0.25, -0.2) is 0 Å². The van der Waals surface area contributed by atoms with Gasteiger partial charge in [0.2, 0.25) is 0 Å². The zero-order chi connectivity index (χ0) is 13.9. The fourth-order valence-electron chi connectivity index (χ4n) is 2.01. The summed E-state index contributed by atoms with van der Waals surface area (Å²) < 4.78 is 5.66. The SMILES string of the molecule is CCc1ccc(N(C)C(=O)COC2(C)CNC2)cc1. The molecule has 1 fully saturated rings. The summed E-state index contributed by atoms with van der Waals surface area (Å²) in [6.07, 6.45) is 1.01. The summed E-state index contributed by atoms with van der Waals surface area (Å²) in [5.41, 5.74) is 2.00. The average Bonchev–Trinajstić information content (AvgIpc) is 2.42. The Balaban J connectivity index is 1.90. The Morgan fingerprint density at radius 3 is 2.47 bits per heavy atom. The standard InChI is InChI=1S/C15H22N2O2/c1-4-12-5-7-13(8-6-12)17(3)14(18)9-19-15(2)10-16-11-15/h5-8,16H,4,9-11H2,1-3H3. The summed E-state index contributed by atoms with van der Waals surface area (Å²) in [5.74, 6) is -0.0163. The summed E-state index contributed by atoms with van der Waals surface area (Å²) in [5, 5.41) is 3.15. The maximum atomic E-state index is 12.1. The molecule has 0 saturated carbocycles. The normalized spacial score (nSPS) is 16.8. The summed E-state index contributed by atoms with van der Waals surface area (Å²) in [7, 11) is 1.79. The van der Waals surface area contributed by atoms with Gasteiger partial charge in [-0.1, -0.05) is 19.1 Å². The van der Waals surface area contributed by atoms with Crippen molar-refractivity contribution < 1.29 is 9.53 Å². The van der Waals surface area contributed by atoms with Crippen LogP contribution in [-0.2, 0) is 16.0 Å². The number of carbonyl (C=O) groups excluding carboxylic acids is 1. The van der Waals surface area contributed by atoms with Crippen LogP contribution in [0.2, 0.25) is 0 Å². The topological polar surface area (TPSA) is 41.6 Å². The molecule has 1 saturated heterocycles. The Labute approximate surface area is 114 Å². The second-order valence-corrected chi connectivity index (χ2v) is 5.31. The van der Waals surface area contributed by atoms with E-state index in [1.54, 1.807) is 11.9 Å². The van der Waals surface area contributed by atoms with E-state index in [4.69, 9.17) is 4.74 Å². The van der Waals surface area contributed by atoms with Gasteiger partial charge < -0.3 is 15.0 Å². The van der Waals surface area contributed by atoms with E-state index in [9.17, 15) is 4.79 Å². The molecule has 4 heteroatoms. The highest BCUT2D eigenvalue weighted by molar-refractivity contribution is 5.93. The van der Waals surface area contributed by atoms with Gasteiger partial charge in [0, 0.05) is 25.8 Å². The minimum absolute atomic E-state index is 0.0163. The number of likely N-dealkylation sites (N-methyl/N-ethyl adjacent to an activating group) is 1. The fourth-order valence-corrected chi connectivity index (χ4v) is 2.01. The molecule has 1 amide bonds. The Kier molecular flexibility index (Phi) is 4.22. The number of ether oxygens (including phenoxy) is 1. The van der Waals surface area contributed by atoms with Gasteiger partial charge in [0.1, 0.15) is 6.61 Å². The highest BCUT2D eigenvalue weighted by atomic mass is 16.5. The molecule has 0 spiro atoms. The lowest BCUT2D eigenvalue weighted by molar-refractivity contribution is -0.133. The van der Waals surface area contributed by atoms with Gasteiger partial charge in [-0.15, -0.1) is 0 Å². The summed E-state index contributed by atoms with van der Waals surface area (Å²) >= 11 is 0. The molecule has 104 valence electrons. The Morgan fingerprint density at radius 2 is 2.00 bits per heavy atom. The molecule has 0 aromatic heterocycles. The van der Waals surface area contributed by atoms with Crippen molar-refractivity contribution in [3.63, 3.8) is 0 Å². The van der Waals surface area contributed by atoms with Gasteiger partial charge >= 0.3 is 0 Å². The molecule has 2 rings (SSSR count). The van der Waals surface area contributed by atoms with E-state index >= 15 is 0 Å². The van der Waals surface area contributed by atoms with E-state index < -0.39 is 0 Å². The lowest BCUT2D eigenvalue weighted by Gasteiger charge is -2.39. The molecule has 4 nitrogen and oxygen atoms in total. The molecule has 1 N–H and O–H groups in total. The molecule has 0 atom stereocenters. The number of anilines is 1. The van der Waals surface area contributed by atoms with Crippen molar-refractivity contribution in [2.24, 2.45) is 0 Å². The van der Waals surface area contributed by atoms with Gasteiger partial charge in [0.15, 0.2) is 0 Å².